The van der Waals surface area contributed by atoms with Crippen molar-refractivity contribution in [3.63, 3.8) is 0 Å². The lowest BCUT2D eigenvalue weighted by Gasteiger charge is -2.18. The van der Waals surface area contributed by atoms with E-state index in [-0.39, 0.29) is 11.8 Å². The Kier molecular flexibility index (Phi) is 5.23. The van der Waals surface area contributed by atoms with Crippen molar-refractivity contribution in [2.75, 3.05) is 13.1 Å². The Labute approximate surface area is 149 Å². The summed E-state index contributed by atoms with van der Waals surface area (Å²) in [5.41, 5.74) is 4.72. The van der Waals surface area contributed by atoms with Crippen LogP contribution in [0.15, 0.2) is 30.5 Å². The van der Waals surface area contributed by atoms with E-state index in [9.17, 15) is 9.90 Å². The van der Waals surface area contributed by atoms with E-state index < -0.39 is 5.97 Å². The lowest BCUT2D eigenvalue weighted by molar-refractivity contribution is -0.141. The first-order valence-electron chi connectivity index (χ1n) is 9.03. The van der Waals surface area contributed by atoms with E-state index in [2.05, 4.69) is 42.9 Å². The van der Waals surface area contributed by atoms with Gasteiger partial charge in [-0.15, -0.1) is 0 Å². The van der Waals surface area contributed by atoms with Crippen molar-refractivity contribution in [2.24, 2.45) is 5.92 Å². The molecule has 5 heteroatoms. The normalized spacial score (nSPS) is 20.9. The highest BCUT2D eigenvalue weighted by Gasteiger charge is 2.39. The van der Waals surface area contributed by atoms with Gasteiger partial charge in [-0.25, -0.2) is 0 Å². The van der Waals surface area contributed by atoms with Crippen LogP contribution in [0, 0.1) is 19.8 Å². The average Bonchev–Trinajstić information content (AvgIpc) is 3.15. The topological polar surface area (TPSA) is 58.4 Å². The van der Waals surface area contributed by atoms with E-state index in [1.54, 1.807) is 0 Å². The summed E-state index contributed by atoms with van der Waals surface area (Å²) in [5.74, 6) is -1.01. The fourth-order valence-electron chi connectivity index (χ4n) is 3.90. The largest absolute Gasteiger partial charge is 0.481 e. The maximum absolute atomic E-state index is 11.8. The summed E-state index contributed by atoms with van der Waals surface area (Å²) in [6, 6.07) is 8.15. The number of nitrogens with zero attached hydrogens (tertiary/aromatic N) is 3. The fourth-order valence-corrected chi connectivity index (χ4v) is 3.90. The van der Waals surface area contributed by atoms with Crippen molar-refractivity contribution in [2.45, 2.75) is 46.2 Å². The monoisotopic (exact) mass is 341 g/mol. The van der Waals surface area contributed by atoms with Crippen LogP contribution in [-0.2, 0) is 17.9 Å². The lowest BCUT2D eigenvalue weighted by atomic mass is 9.86. The van der Waals surface area contributed by atoms with Crippen LogP contribution in [-0.4, -0.2) is 38.8 Å². The molecular weight excluding hydrogens is 314 g/mol. The molecule has 5 nitrogen and oxygen atoms in total. The number of carboxylic acids is 1. The molecule has 1 aromatic heterocycles. The highest BCUT2D eigenvalue weighted by Crippen LogP contribution is 2.35. The summed E-state index contributed by atoms with van der Waals surface area (Å²) < 4.78 is 2.04. The molecule has 0 aliphatic carbocycles. The molecule has 1 aromatic carbocycles. The number of hydrogen-bond acceptors (Lipinski definition) is 3. The predicted molar refractivity (Wildman–Crippen MR) is 97.6 cm³/mol. The fraction of sp³-hybridized carbons (Fsp3) is 0.500. The molecule has 2 atom stereocenters. The summed E-state index contributed by atoms with van der Waals surface area (Å²) in [4.78, 5) is 14.1. The van der Waals surface area contributed by atoms with E-state index in [0.717, 1.165) is 31.6 Å². The maximum Gasteiger partial charge on any atom is 0.308 e. The van der Waals surface area contributed by atoms with Gasteiger partial charge in [-0.2, -0.15) is 5.10 Å². The SMILES string of the molecule is CCCn1ncc(CN2C[C@@H](C(=O)O)[C@H](c3ccccc3C)C2)c1C. The first kappa shape index (κ1) is 17.7. The number of carboxylic acid groups (broad SMARTS) is 1. The zero-order valence-corrected chi connectivity index (χ0v) is 15.3. The Bertz CT molecular complexity index is 753. The third-order valence-electron chi connectivity index (χ3n) is 5.33. The van der Waals surface area contributed by atoms with Crippen LogP contribution in [0.25, 0.3) is 0 Å². The highest BCUT2D eigenvalue weighted by molar-refractivity contribution is 5.72. The summed E-state index contributed by atoms with van der Waals surface area (Å²) in [7, 11) is 0. The summed E-state index contributed by atoms with van der Waals surface area (Å²) >= 11 is 0. The molecule has 3 rings (SSSR count). The Hall–Kier alpha value is -2.14. The number of aliphatic carboxylic acids is 1. The first-order chi connectivity index (χ1) is 12.0. The minimum atomic E-state index is -0.700. The van der Waals surface area contributed by atoms with Gasteiger partial charge in [0.15, 0.2) is 0 Å². The number of hydrogen-bond donors (Lipinski definition) is 1. The van der Waals surface area contributed by atoms with Gasteiger partial charge in [0.25, 0.3) is 0 Å². The van der Waals surface area contributed by atoms with Gasteiger partial charge in [-0.1, -0.05) is 31.2 Å². The van der Waals surface area contributed by atoms with Crippen LogP contribution >= 0.6 is 0 Å². The Morgan fingerprint density at radius 2 is 2.04 bits per heavy atom. The molecule has 1 N–H and O–H groups in total. The molecule has 1 saturated heterocycles. The molecule has 2 aromatic rings. The van der Waals surface area contributed by atoms with Crippen LogP contribution in [0.4, 0.5) is 0 Å². The van der Waals surface area contributed by atoms with Crippen molar-refractivity contribution in [3.8, 4) is 0 Å². The quantitative estimate of drug-likeness (QED) is 0.876. The number of benzene rings is 1. The van der Waals surface area contributed by atoms with Crippen molar-refractivity contribution >= 4 is 5.97 Å². The van der Waals surface area contributed by atoms with Crippen LogP contribution in [0.2, 0.25) is 0 Å². The molecule has 1 fully saturated rings. The number of aromatic nitrogens is 2. The van der Waals surface area contributed by atoms with Crippen LogP contribution in [0.5, 0.6) is 0 Å². The van der Waals surface area contributed by atoms with Gasteiger partial charge in [-0.3, -0.25) is 14.4 Å². The van der Waals surface area contributed by atoms with Gasteiger partial charge in [0.1, 0.15) is 0 Å². The third kappa shape index (κ3) is 3.61. The van der Waals surface area contributed by atoms with Crippen molar-refractivity contribution in [1.29, 1.82) is 0 Å². The molecule has 1 aliphatic heterocycles. The molecule has 0 unspecified atom stereocenters. The van der Waals surface area contributed by atoms with Crippen LogP contribution in [0.3, 0.4) is 0 Å². The minimum absolute atomic E-state index is 0.0460. The van der Waals surface area contributed by atoms with E-state index in [4.69, 9.17) is 0 Å². The van der Waals surface area contributed by atoms with Gasteiger partial charge in [-0.05, 0) is 31.4 Å². The molecule has 1 aliphatic rings. The number of rotatable bonds is 6. The van der Waals surface area contributed by atoms with Crippen LogP contribution in [0.1, 0.15) is 41.6 Å². The van der Waals surface area contributed by atoms with Gasteiger partial charge < -0.3 is 5.11 Å². The zero-order chi connectivity index (χ0) is 18.0. The van der Waals surface area contributed by atoms with Crippen molar-refractivity contribution in [1.82, 2.24) is 14.7 Å². The zero-order valence-electron chi connectivity index (χ0n) is 15.3. The molecule has 134 valence electrons. The molecule has 0 amide bonds. The minimum Gasteiger partial charge on any atom is -0.481 e. The molecule has 25 heavy (non-hydrogen) atoms. The second-order valence-electron chi connectivity index (χ2n) is 7.08. The van der Waals surface area contributed by atoms with E-state index in [0.29, 0.717) is 6.54 Å². The molecule has 0 radical (unpaired) electrons. The molecule has 0 saturated carbocycles. The molecule has 0 bridgehead atoms. The molecule has 2 heterocycles. The van der Waals surface area contributed by atoms with Crippen molar-refractivity contribution < 1.29 is 9.90 Å². The second kappa shape index (κ2) is 7.40. The second-order valence-corrected chi connectivity index (χ2v) is 7.08. The standard InChI is InChI=1S/C20H27N3O2/c1-4-9-23-15(3)16(10-21-23)11-22-12-18(19(13-22)20(24)25)17-8-6-5-7-14(17)2/h5-8,10,18-19H,4,9,11-13H2,1-3H3,(H,24,25)/t18-,19+/m0/s1. The Balaban J connectivity index is 1.79. The average molecular weight is 341 g/mol. The predicted octanol–water partition coefficient (Wildman–Crippen LogP) is 3.21. The smallest absolute Gasteiger partial charge is 0.308 e. The van der Waals surface area contributed by atoms with Gasteiger partial charge in [0.2, 0.25) is 0 Å². The van der Waals surface area contributed by atoms with Crippen LogP contribution < -0.4 is 0 Å². The summed E-state index contributed by atoms with van der Waals surface area (Å²) in [6.45, 7) is 9.37. The van der Waals surface area contributed by atoms with E-state index in [1.807, 2.05) is 23.0 Å². The maximum atomic E-state index is 11.8. The summed E-state index contributed by atoms with van der Waals surface area (Å²) in [6.07, 6.45) is 2.99. The molecule has 0 spiro atoms. The third-order valence-corrected chi connectivity index (χ3v) is 5.33. The van der Waals surface area contributed by atoms with E-state index in [1.165, 1.54) is 16.8 Å². The number of likely N-dealkylation sites (tertiary alicyclic amines) is 1. The highest BCUT2D eigenvalue weighted by atomic mass is 16.4. The molecular formula is C20H27N3O2. The first-order valence-corrected chi connectivity index (χ1v) is 9.03. The Morgan fingerprint density at radius 3 is 2.72 bits per heavy atom. The number of carbonyl (C=O) groups is 1. The number of aryl methyl sites for hydroxylation is 2. The van der Waals surface area contributed by atoms with Crippen molar-refractivity contribution in [3.05, 3.63) is 52.8 Å². The van der Waals surface area contributed by atoms with E-state index >= 15 is 0 Å². The van der Waals surface area contributed by atoms with Gasteiger partial charge in [0, 0.05) is 43.4 Å². The summed E-state index contributed by atoms with van der Waals surface area (Å²) in [5, 5.41) is 14.2. The van der Waals surface area contributed by atoms with Gasteiger partial charge in [0.05, 0.1) is 12.1 Å². The Morgan fingerprint density at radius 1 is 1.28 bits per heavy atom. The lowest BCUT2D eigenvalue weighted by Crippen LogP contribution is -2.23. The van der Waals surface area contributed by atoms with Gasteiger partial charge >= 0.3 is 5.97 Å².